The molecule has 2 heterocycles. The number of carbonyl (C=O) groups is 1. The summed E-state index contributed by atoms with van der Waals surface area (Å²) in [6.45, 7) is -0.985. The van der Waals surface area contributed by atoms with E-state index in [2.05, 4.69) is 20.4 Å². The van der Waals surface area contributed by atoms with Crippen LogP contribution in [0.15, 0.2) is 42.6 Å². The second-order valence-electron chi connectivity index (χ2n) is 9.30. The van der Waals surface area contributed by atoms with Crippen molar-refractivity contribution in [2.45, 2.75) is 25.9 Å². The molecule has 3 aromatic rings. The highest BCUT2D eigenvalue weighted by molar-refractivity contribution is 6.03. The zero-order valence-electron chi connectivity index (χ0n) is 19.4. The van der Waals surface area contributed by atoms with Crippen LogP contribution < -0.4 is 20.1 Å². The van der Waals surface area contributed by atoms with Crippen LogP contribution in [0.5, 0.6) is 11.5 Å². The molecule has 1 saturated heterocycles. The lowest BCUT2D eigenvalue weighted by molar-refractivity contribution is -0.0498. The van der Waals surface area contributed by atoms with Crippen molar-refractivity contribution in [1.29, 1.82) is 0 Å². The minimum Gasteiger partial charge on any atom is -0.497 e. The minimum absolute atomic E-state index is 0.0136. The Labute approximate surface area is 204 Å². The number of rotatable bonds is 8. The number of halogens is 4. The zero-order chi connectivity index (χ0) is 25.4. The van der Waals surface area contributed by atoms with Gasteiger partial charge in [-0.3, -0.25) is 14.7 Å². The molecule has 2 fully saturated rings. The van der Waals surface area contributed by atoms with E-state index in [1.807, 2.05) is 0 Å². The Hall–Kier alpha value is -3.60. The summed E-state index contributed by atoms with van der Waals surface area (Å²) in [6.07, 6.45) is 4.23. The molecule has 1 aromatic heterocycles. The van der Waals surface area contributed by atoms with Gasteiger partial charge in [0.1, 0.15) is 17.2 Å². The molecule has 1 aliphatic carbocycles. The average Bonchev–Trinajstić information content (AvgIpc) is 3.15. The fourth-order valence-electron chi connectivity index (χ4n) is 5.01. The molecule has 0 radical (unpaired) electrons. The third kappa shape index (κ3) is 4.75. The number of alkyl halides is 2. The van der Waals surface area contributed by atoms with Crippen molar-refractivity contribution < 1.29 is 31.8 Å². The molecule has 1 saturated carbocycles. The van der Waals surface area contributed by atoms with E-state index < -0.39 is 29.8 Å². The molecule has 1 amide bonds. The Bertz CT molecular complexity index is 1240. The van der Waals surface area contributed by atoms with E-state index in [1.54, 1.807) is 0 Å². The van der Waals surface area contributed by atoms with E-state index in [-0.39, 0.29) is 23.0 Å². The van der Waals surface area contributed by atoms with Crippen molar-refractivity contribution in [2.24, 2.45) is 11.3 Å². The zero-order valence-corrected chi connectivity index (χ0v) is 19.4. The quantitative estimate of drug-likeness (QED) is 0.440. The topological polar surface area (TPSA) is 77.4 Å². The average molecular weight is 504 g/mol. The Morgan fingerprint density at radius 3 is 2.39 bits per heavy atom. The summed E-state index contributed by atoms with van der Waals surface area (Å²) in [5.41, 5.74) is 0.673. The van der Waals surface area contributed by atoms with Gasteiger partial charge < -0.3 is 14.8 Å². The molecular formula is C25H24F4N4O3. The van der Waals surface area contributed by atoms with Crippen molar-refractivity contribution in [2.75, 3.05) is 25.5 Å². The lowest BCUT2D eigenvalue weighted by Crippen LogP contribution is -2.60. The molecular weight excluding hydrogens is 480 g/mol. The van der Waals surface area contributed by atoms with Crippen LogP contribution in [0.2, 0.25) is 0 Å². The van der Waals surface area contributed by atoms with E-state index >= 15 is 0 Å². The third-order valence-electron chi connectivity index (χ3n) is 6.73. The smallest absolute Gasteiger partial charge is 0.387 e. The molecule has 0 atom stereocenters. The number of nitrogens with one attached hydrogen (secondary N) is 2. The lowest BCUT2D eigenvalue weighted by Gasteiger charge is -2.54. The monoisotopic (exact) mass is 504 g/mol. The van der Waals surface area contributed by atoms with Crippen LogP contribution in [0.1, 0.15) is 28.9 Å². The molecule has 2 aliphatic rings. The second-order valence-corrected chi connectivity index (χ2v) is 9.30. The fourth-order valence-corrected chi connectivity index (χ4v) is 5.01. The first-order valence-electron chi connectivity index (χ1n) is 11.4. The molecule has 2 aromatic carbocycles. The van der Waals surface area contributed by atoms with Gasteiger partial charge in [0.15, 0.2) is 11.6 Å². The summed E-state index contributed by atoms with van der Waals surface area (Å²) in [4.78, 5) is 17.3. The number of hydrogen-bond acceptors (Lipinski definition) is 5. The van der Waals surface area contributed by atoms with Gasteiger partial charge in [-0.15, -0.1) is 0 Å². The summed E-state index contributed by atoms with van der Waals surface area (Å²) >= 11 is 0. The Morgan fingerprint density at radius 1 is 1.17 bits per heavy atom. The molecule has 1 spiro atoms. The van der Waals surface area contributed by atoms with Gasteiger partial charge in [-0.2, -0.15) is 8.78 Å². The van der Waals surface area contributed by atoms with Crippen molar-refractivity contribution >= 4 is 11.9 Å². The molecule has 36 heavy (non-hydrogen) atoms. The second kappa shape index (κ2) is 9.45. The van der Waals surface area contributed by atoms with Crippen molar-refractivity contribution in [3.8, 4) is 17.2 Å². The standard InChI is InChI=1S/C25H24F4N4O3/c1-35-18-7-19(26)21(20(27)8-18)33-11-16(6-14-9-25(10-14)12-30-13-25)31-24(33)32-22(34)15-2-4-17(5-3-15)36-23(28)29/h2-5,7-8,11,14,23,30H,6,9-10,12-13H2,1H3,(H,31,32,34). The summed E-state index contributed by atoms with van der Waals surface area (Å²) in [6, 6.07) is 7.15. The first-order valence-corrected chi connectivity index (χ1v) is 11.4. The number of ether oxygens (including phenoxy) is 2. The Balaban J connectivity index is 1.41. The van der Waals surface area contributed by atoms with Gasteiger partial charge in [-0.25, -0.2) is 13.8 Å². The first kappa shape index (κ1) is 24.1. The van der Waals surface area contributed by atoms with Crippen LogP contribution in [-0.2, 0) is 6.42 Å². The van der Waals surface area contributed by atoms with Gasteiger partial charge in [-0.1, -0.05) is 0 Å². The van der Waals surface area contributed by atoms with Gasteiger partial charge in [0, 0.05) is 37.0 Å². The maximum Gasteiger partial charge on any atom is 0.387 e. The van der Waals surface area contributed by atoms with Gasteiger partial charge in [0.25, 0.3) is 5.91 Å². The number of carbonyl (C=O) groups excluding carboxylic acids is 1. The normalized spacial score (nSPS) is 16.5. The highest BCUT2D eigenvalue weighted by Gasteiger charge is 2.48. The van der Waals surface area contributed by atoms with E-state index in [1.165, 1.54) is 42.1 Å². The van der Waals surface area contributed by atoms with Crippen molar-refractivity contribution in [3.05, 3.63) is 65.5 Å². The summed E-state index contributed by atoms with van der Waals surface area (Å²) < 4.78 is 65.0. The number of amides is 1. The number of benzene rings is 2. The highest BCUT2D eigenvalue weighted by Crippen LogP contribution is 2.49. The number of hydrogen-bond donors (Lipinski definition) is 2. The van der Waals surface area contributed by atoms with Crippen LogP contribution in [0.25, 0.3) is 5.69 Å². The van der Waals surface area contributed by atoms with Crippen LogP contribution in [0, 0.1) is 23.0 Å². The number of methoxy groups -OCH3 is 1. The van der Waals surface area contributed by atoms with Gasteiger partial charge in [-0.05, 0) is 54.9 Å². The molecule has 7 nitrogen and oxygen atoms in total. The van der Waals surface area contributed by atoms with E-state index in [0.29, 0.717) is 23.4 Å². The molecule has 1 aliphatic heterocycles. The first-order chi connectivity index (χ1) is 17.2. The van der Waals surface area contributed by atoms with Crippen LogP contribution in [0.4, 0.5) is 23.5 Å². The van der Waals surface area contributed by atoms with Crippen LogP contribution in [-0.4, -0.2) is 42.3 Å². The van der Waals surface area contributed by atoms with E-state index in [9.17, 15) is 22.4 Å². The van der Waals surface area contributed by atoms with Crippen LogP contribution in [0.3, 0.4) is 0 Å². The number of nitrogens with zero attached hydrogens (tertiary/aromatic N) is 2. The van der Waals surface area contributed by atoms with Crippen molar-refractivity contribution in [1.82, 2.24) is 14.9 Å². The van der Waals surface area contributed by atoms with Gasteiger partial charge >= 0.3 is 6.61 Å². The summed E-state index contributed by atoms with van der Waals surface area (Å²) in [5.74, 6) is -2.16. The van der Waals surface area contributed by atoms with E-state index in [0.717, 1.165) is 38.1 Å². The number of imidazole rings is 1. The largest absolute Gasteiger partial charge is 0.497 e. The summed E-state index contributed by atoms with van der Waals surface area (Å²) in [7, 11) is 1.30. The van der Waals surface area contributed by atoms with E-state index in [4.69, 9.17) is 4.74 Å². The minimum atomic E-state index is -2.99. The van der Waals surface area contributed by atoms with Crippen molar-refractivity contribution in [3.63, 3.8) is 0 Å². The number of anilines is 1. The summed E-state index contributed by atoms with van der Waals surface area (Å²) in [5, 5.41) is 5.88. The van der Waals surface area contributed by atoms with Crippen LogP contribution >= 0.6 is 0 Å². The van der Waals surface area contributed by atoms with Gasteiger partial charge in [0.05, 0.1) is 12.8 Å². The Morgan fingerprint density at radius 2 is 1.83 bits per heavy atom. The fraction of sp³-hybridized carbons (Fsp3) is 0.360. The molecule has 5 rings (SSSR count). The Kier molecular flexibility index (Phi) is 6.33. The maximum absolute atomic E-state index is 14.9. The maximum atomic E-state index is 14.9. The lowest BCUT2D eigenvalue weighted by atomic mass is 9.57. The predicted octanol–water partition coefficient (Wildman–Crippen LogP) is 4.55. The molecule has 2 N–H and O–H groups in total. The van der Waals surface area contributed by atoms with Gasteiger partial charge in [0.2, 0.25) is 5.95 Å². The number of aromatic nitrogens is 2. The third-order valence-corrected chi connectivity index (χ3v) is 6.73. The molecule has 190 valence electrons. The SMILES string of the molecule is COc1cc(F)c(-n2cc(CC3CC4(CNC4)C3)nc2NC(=O)c2ccc(OC(F)F)cc2)c(F)c1. The molecule has 11 heteroatoms. The predicted molar refractivity (Wildman–Crippen MR) is 123 cm³/mol. The highest BCUT2D eigenvalue weighted by atomic mass is 19.3. The molecule has 0 unspecified atom stereocenters. The molecule has 0 bridgehead atoms.